The van der Waals surface area contributed by atoms with Gasteiger partial charge in [0.2, 0.25) is 0 Å². The Morgan fingerprint density at radius 3 is 3.00 bits per heavy atom. The van der Waals surface area contributed by atoms with Crippen molar-refractivity contribution in [1.29, 1.82) is 0 Å². The molecule has 1 unspecified atom stereocenters. The fraction of sp³-hybridized carbons (Fsp3) is 0.400. The van der Waals surface area contributed by atoms with Crippen molar-refractivity contribution in [1.82, 2.24) is 10.2 Å². The largest absolute Gasteiger partial charge is 0.449 e. The molecule has 4 nitrogen and oxygen atoms in total. The van der Waals surface area contributed by atoms with Crippen molar-refractivity contribution in [2.45, 2.75) is 19.9 Å². The summed E-state index contributed by atoms with van der Waals surface area (Å²) < 4.78 is 5.74. The zero-order chi connectivity index (χ0) is 14.3. The predicted molar refractivity (Wildman–Crippen MR) is 79.3 cm³/mol. The van der Waals surface area contributed by atoms with Gasteiger partial charge in [-0.25, -0.2) is 0 Å². The highest BCUT2D eigenvalue weighted by atomic mass is 35.5. The van der Waals surface area contributed by atoms with E-state index in [1.165, 1.54) is 0 Å². The monoisotopic (exact) mass is 292 g/mol. The molecule has 2 aromatic rings. The highest BCUT2D eigenvalue weighted by Crippen LogP contribution is 2.31. The third kappa shape index (κ3) is 2.19. The highest BCUT2D eigenvalue weighted by Gasteiger charge is 2.26. The summed E-state index contributed by atoms with van der Waals surface area (Å²) in [5, 5.41) is 4.77. The number of fused-ring (bicyclic) bond motifs is 1. The molecule has 0 aliphatic carbocycles. The third-order valence-electron chi connectivity index (χ3n) is 3.77. The molecule has 1 aromatic heterocycles. The number of amides is 1. The first-order valence-corrected chi connectivity index (χ1v) is 7.16. The number of para-hydroxylation sites is 1. The first-order valence-electron chi connectivity index (χ1n) is 6.78. The zero-order valence-electron chi connectivity index (χ0n) is 11.6. The maximum absolute atomic E-state index is 12.6. The van der Waals surface area contributed by atoms with Gasteiger partial charge in [-0.15, -0.1) is 0 Å². The van der Waals surface area contributed by atoms with Crippen LogP contribution in [0.1, 0.15) is 23.0 Å². The number of hydrogen-bond donors (Lipinski definition) is 1. The van der Waals surface area contributed by atoms with Crippen molar-refractivity contribution < 1.29 is 9.21 Å². The number of nitrogens with zero attached hydrogens (tertiary/aromatic N) is 1. The predicted octanol–water partition coefficient (Wildman–Crippen LogP) is 2.83. The number of furan rings is 1. The molecule has 0 bridgehead atoms. The van der Waals surface area contributed by atoms with Crippen molar-refractivity contribution in [2.75, 3.05) is 19.6 Å². The fourth-order valence-corrected chi connectivity index (χ4v) is 2.89. The number of carbonyl (C=O) groups is 1. The van der Waals surface area contributed by atoms with Gasteiger partial charge < -0.3 is 14.6 Å². The summed E-state index contributed by atoms with van der Waals surface area (Å²) in [5.74, 6) is 0.352. The van der Waals surface area contributed by atoms with E-state index in [2.05, 4.69) is 12.2 Å². The smallest absolute Gasteiger partial charge is 0.289 e. The molecule has 1 aliphatic heterocycles. The fourth-order valence-electron chi connectivity index (χ4n) is 2.67. The molecule has 1 amide bonds. The Kier molecular flexibility index (Phi) is 3.44. The molecular formula is C15H17ClN2O2. The number of carbonyl (C=O) groups excluding carboxylic acids is 1. The number of rotatable bonds is 1. The molecule has 106 valence electrons. The molecule has 0 radical (unpaired) electrons. The van der Waals surface area contributed by atoms with Gasteiger partial charge in [-0.3, -0.25) is 4.79 Å². The van der Waals surface area contributed by atoms with E-state index in [1.807, 2.05) is 24.0 Å². The van der Waals surface area contributed by atoms with E-state index in [-0.39, 0.29) is 5.91 Å². The summed E-state index contributed by atoms with van der Waals surface area (Å²) in [6, 6.07) is 5.88. The standard InChI is InChI=1S/C15H17ClN2O2/c1-9-8-18(7-6-17-9)15(19)13-10(2)11-4-3-5-12(16)14(11)20-13/h3-5,9,17H,6-8H2,1-2H3. The number of halogens is 1. The number of piperazine rings is 1. The van der Waals surface area contributed by atoms with Gasteiger partial charge in [0.15, 0.2) is 11.3 Å². The third-order valence-corrected chi connectivity index (χ3v) is 4.06. The Hall–Kier alpha value is -1.52. The molecular weight excluding hydrogens is 276 g/mol. The second kappa shape index (κ2) is 5.11. The van der Waals surface area contributed by atoms with E-state index in [9.17, 15) is 4.79 Å². The molecule has 1 N–H and O–H groups in total. The van der Waals surface area contributed by atoms with Gasteiger partial charge in [-0.1, -0.05) is 23.7 Å². The van der Waals surface area contributed by atoms with Crippen LogP contribution in [-0.4, -0.2) is 36.5 Å². The second-order valence-corrected chi connectivity index (χ2v) is 5.69. The Labute approximate surface area is 122 Å². The van der Waals surface area contributed by atoms with Crippen LogP contribution in [0.5, 0.6) is 0 Å². The number of nitrogens with one attached hydrogen (secondary N) is 1. The summed E-state index contributed by atoms with van der Waals surface area (Å²) >= 11 is 6.13. The zero-order valence-corrected chi connectivity index (χ0v) is 12.3. The van der Waals surface area contributed by atoms with Crippen LogP contribution in [0.2, 0.25) is 5.02 Å². The summed E-state index contributed by atoms with van der Waals surface area (Å²) in [4.78, 5) is 14.4. The average Bonchev–Trinajstić information content (AvgIpc) is 2.77. The Bertz CT molecular complexity index is 665. The quantitative estimate of drug-likeness (QED) is 0.879. The summed E-state index contributed by atoms with van der Waals surface area (Å²) in [7, 11) is 0. The lowest BCUT2D eigenvalue weighted by Gasteiger charge is -2.31. The molecule has 3 rings (SSSR count). The van der Waals surface area contributed by atoms with Crippen LogP contribution >= 0.6 is 11.6 Å². The Balaban J connectivity index is 1.99. The molecule has 1 atom stereocenters. The Morgan fingerprint density at radius 1 is 1.50 bits per heavy atom. The minimum atomic E-state index is -0.0527. The summed E-state index contributed by atoms with van der Waals surface area (Å²) in [6.07, 6.45) is 0. The van der Waals surface area contributed by atoms with Gasteiger partial charge in [0.1, 0.15) is 0 Å². The minimum absolute atomic E-state index is 0.0527. The van der Waals surface area contributed by atoms with E-state index < -0.39 is 0 Å². The SMILES string of the molecule is Cc1c(C(=O)N2CCNC(C)C2)oc2c(Cl)cccc12. The molecule has 2 heterocycles. The maximum Gasteiger partial charge on any atom is 0.289 e. The van der Waals surface area contributed by atoms with Crippen molar-refractivity contribution in [3.8, 4) is 0 Å². The van der Waals surface area contributed by atoms with Gasteiger partial charge in [-0.2, -0.15) is 0 Å². The van der Waals surface area contributed by atoms with Crippen LogP contribution < -0.4 is 5.32 Å². The average molecular weight is 293 g/mol. The first kappa shape index (κ1) is 13.5. The van der Waals surface area contributed by atoms with Crippen molar-refractivity contribution >= 4 is 28.5 Å². The van der Waals surface area contributed by atoms with E-state index in [4.69, 9.17) is 16.0 Å². The van der Waals surface area contributed by atoms with Gasteiger partial charge in [0, 0.05) is 36.6 Å². The highest BCUT2D eigenvalue weighted by molar-refractivity contribution is 6.35. The second-order valence-electron chi connectivity index (χ2n) is 5.28. The van der Waals surface area contributed by atoms with Crippen molar-refractivity contribution in [2.24, 2.45) is 0 Å². The van der Waals surface area contributed by atoms with Crippen LogP contribution in [0.4, 0.5) is 0 Å². The van der Waals surface area contributed by atoms with Crippen LogP contribution in [0.15, 0.2) is 22.6 Å². The van der Waals surface area contributed by atoms with Gasteiger partial charge in [-0.05, 0) is 19.9 Å². The Morgan fingerprint density at radius 2 is 2.30 bits per heavy atom. The molecule has 1 aromatic carbocycles. The molecule has 5 heteroatoms. The topological polar surface area (TPSA) is 45.5 Å². The summed E-state index contributed by atoms with van der Waals surface area (Å²) in [6.45, 7) is 6.19. The van der Waals surface area contributed by atoms with Gasteiger partial charge in [0.05, 0.1) is 5.02 Å². The minimum Gasteiger partial charge on any atom is -0.449 e. The van der Waals surface area contributed by atoms with E-state index in [0.717, 1.165) is 17.5 Å². The van der Waals surface area contributed by atoms with Crippen LogP contribution in [0, 0.1) is 6.92 Å². The van der Waals surface area contributed by atoms with Crippen molar-refractivity contribution in [3.05, 3.63) is 34.5 Å². The van der Waals surface area contributed by atoms with Crippen LogP contribution in [0.25, 0.3) is 11.0 Å². The maximum atomic E-state index is 12.6. The molecule has 20 heavy (non-hydrogen) atoms. The lowest BCUT2D eigenvalue weighted by Crippen LogP contribution is -2.51. The number of benzene rings is 1. The van der Waals surface area contributed by atoms with E-state index in [0.29, 0.717) is 35.5 Å². The molecule has 1 aliphatic rings. The van der Waals surface area contributed by atoms with E-state index >= 15 is 0 Å². The first-order chi connectivity index (χ1) is 9.58. The van der Waals surface area contributed by atoms with Gasteiger partial charge >= 0.3 is 0 Å². The molecule has 1 fully saturated rings. The van der Waals surface area contributed by atoms with Crippen LogP contribution in [0.3, 0.4) is 0 Å². The molecule has 0 spiro atoms. The number of hydrogen-bond acceptors (Lipinski definition) is 3. The number of aryl methyl sites for hydroxylation is 1. The normalized spacial score (nSPS) is 19.6. The van der Waals surface area contributed by atoms with E-state index in [1.54, 1.807) is 6.07 Å². The van der Waals surface area contributed by atoms with Gasteiger partial charge in [0.25, 0.3) is 5.91 Å². The molecule has 1 saturated heterocycles. The van der Waals surface area contributed by atoms with Crippen LogP contribution in [-0.2, 0) is 0 Å². The lowest BCUT2D eigenvalue weighted by molar-refractivity contribution is 0.0678. The van der Waals surface area contributed by atoms with Crippen molar-refractivity contribution in [3.63, 3.8) is 0 Å². The molecule has 0 saturated carbocycles. The summed E-state index contributed by atoms with van der Waals surface area (Å²) in [5.41, 5.74) is 1.46. The lowest BCUT2D eigenvalue weighted by atomic mass is 10.1.